The minimum Gasteiger partial charge on any atom is -0.451 e. The zero-order chi connectivity index (χ0) is 20.8. The van der Waals surface area contributed by atoms with Crippen molar-refractivity contribution in [2.24, 2.45) is 0 Å². The fourth-order valence-corrected chi connectivity index (χ4v) is 3.70. The van der Waals surface area contributed by atoms with E-state index in [9.17, 15) is 23.2 Å². The van der Waals surface area contributed by atoms with E-state index in [-0.39, 0.29) is 11.4 Å². The van der Waals surface area contributed by atoms with E-state index in [2.05, 4.69) is 15.6 Å². The summed E-state index contributed by atoms with van der Waals surface area (Å²) >= 11 is 2.77. The number of carbonyl (C=O) groups is 3. The number of hydrogen-bond donors (Lipinski definition) is 2. The lowest BCUT2D eigenvalue weighted by atomic mass is 10.3. The number of aromatic nitrogens is 1. The summed E-state index contributed by atoms with van der Waals surface area (Å²) in [6, 6.07) is 6.60. The maximum atomic E-state index is 13.1. The van der Waals surface area contributed by atoms with E-state index in [0.29, 0.717) is 5.01 Å². The number of nitrogens with zero attached hydrogens (tertiary/aromatic N) is 1. The molecule has 11 heteroatoms. The van der Waals surface area contributed by atoms with Crippen molar-refractivity contribution in [3.8, 4) is 9.88 Å². The first-order valence-corrected chi connectivity index (χ1v) is 9.86. The van der Waals surface area contributed by atoms with E-state index in [0.717, 1.165) is 17.0 Å². The molecule has 2 heterocycles. The van der Waals surface area contributed by atoms with Gasteiger partial charge in [0.1, 0.15) is 5.01 Å². The van der Waals surface area contributed by atoms with Gasteiger partial charge in [0.2, 0.25) is 5.91 Å². The molecule has 0 fully saturated rings. The summed E-state index contributed by atoms with van der Waals surface area (Å²) in [5.74, 6) is -4.27. The van der Waals surface area contributed by atoms with Crippen LogP contribution in [0.1, 0.15) is 10.5 Å². The van der Waals surface area contributed by atoms with Gasteiger partial charge >= 0.3 is 5.97 Å². The third-order valence-corrected chi connectivity index (χ3v) is 5.31. The smallest absolute Gasteiger partial charge is 0.358 e. The molecule has 0 atom stereocenters. The van der Waals surface area contributed by atoms with Crippen molar-refractivity contribution in [1.29, 1.82) is 0 Å². The Hall–Kier alpha value is -3.18. The predicted molar refractivity (Wildman–Crippen MR) is 104 cm³/mol. The summed E-state index contributed by atoms with van der Waals surface area (Å²) in [4.78, 5) is 40.5. The summed E-state index contributed by atoms with van der Waals surface area (Å²) in [7, 11) is 0. The van der Waals surface area contributed by atoms with Crippen molar-refractivity contribution in [2.45, 2.75) is 0 Å². The second kappa shape index (κ2) is 9.34. The number of thiophene rings is 1. The quantitative estimate of drug-likeness (QED) is 0.554. The molecule has 2 aromatic heterocycles. The standard InChI is InChI=1S/C18H13F2N3O4S2/c19-11-4-3-10(6-12(11)20)22-15(24)7-21-16(25)8-27-18(26)13-9-29-17(23-13)14-2-1-5-28-14/h1-6,9H,7-8H2,(H,21,25)(H,22,24). The zero-order valence-corrected chi connectivity index (χ0v) is 16.2. The molecule has 7 nitrogen and oxygen atoms in total. The number of esters is 1. The van der Waals surface area contributed by atoms with Gasteiger partial charge in [0.15, 0.2) is 23.9 Å². The molecule has 150 valence electrons. The Bertz CT molecular complexity index is 1040. The van der Waals surface area contributed by atoms with Gasteiger partial charge in [-0.05, 0) is 23.6 Å². The first-order valence-electron chi connectivity index (χ1n) is 8.10. The van der Waals surface area contributed by atoms with E-state index >= 15 is 0 Å². The van der Waals surface area contributed by atoms with Crippen LogP contribution in [-0.2, 0) is 14.3 Å². The average molecular weight is 437 g/mol. The number of amides is 2. The SMILES string of the molecule is O=C(COC(=O)c1csc(-c2cccs2)n1)NCC(=O)Nc1ccc(F)c(F)c1. The highest BCUT2D eigenvalue weighted by molar-refractivity contribution is 7.20. The van der Waals surface area contributed by atoms with Crippen LogP contribution in [0, 0.1) is 11.6 Å². The lowest BCUT2D eigenvalue weighted by molar-refractivity contribution is -0.126. The van der Waals surface area contributed by atoms with Crippen LogP contribution in [0.2, 0.25) is 0 Å². The highest BCUT2D eigenvalue weighted by atomic mass is 32.1. The maximum absolute atomic E-state index is 13.1. The number of halogens is 2. The second-order valence-corrected chi connectivity index (χ2v) is 7.35. The van der Waals surface area contributed by atoms with Crippen LogP contribution < -0.4 is 10.6 Å². The first-order chi connectivity index (χ1) is 13.9. The van der Waals surface area contributed by atoms with E-state index in [1.807, 2.05) is 17.5 Å². The molecule has 2 amide bonds. The number of ether oxygens (including phenoxy) is 1. The van der Waals surface area contributed by atoms with Gasteiger partial charge in [-0.2, -0.15) is 0 Å². The monoisotopic (exact) mass is 437 g/mol. The molecule has 3 rings (SSSR count). The number of hydrogen-bond acceptors (Lipinski definition) is 7. The molecule has 0 bridgehead atoms. The minimum atomic E-state index is -1.11. The van der Waals surface area contributed by atoms with Crippen LogP contribution >= 0.6 is 22.7 Å². The normalized spacial score (nSPS) is 10.4. The molecule has 0 radical (unpaired) electrons. The molecule has 1 aromatic carbocycles. The number of carbonyl (C=O) groups excluding carboxylic acids is 3. The molecular formula is C18H13F2N3O4S2. The molecule has 0 unspecified atom stereocenters. The molecule has 2 N–H and O–H groups in total. The van der Waals surface area contributed by atoms with Crippen LogP contribution in [-0.4, -0.2) is 35.9 Å². The summed E-state index contributed by atoms with van der Waals surface area (Å²) in [6.45, 7) is -1.03. The average Bonchev–Trinajstić information content (AvgIpc) is 3.39. The van der Waals surface area contributed by atoms with Crippen molar-refractivity contribution in [3.05, 3.63) is 58.4 Å². The fourth-order valence-electron chi connectivity index (χ4n) is 2.09. The molecule has 0 saturated carbocycles. The lowest BCUT2D eigenvalue weighted by Crippen LogP contribution is -2.35. The van der Waals surface area contributed by atoms with Gasteiger partial charge in [-0.25, -0.2) is 18.6 Å². The van der Waals surface area contributed by atoms with Gasteiger partial charge < -0.3 is 15.4 Å². The van der Waals surface area contributed by atoms with Crippen molar-refractivity contribution < 1.29 is 27.9 Å². The highest BCUT2D eigenvalue weighted by Gasteiger charge is 2.16. The molecule has 0 aliphatic heterocycles. The van der Waals surface area contributed by atoms with Crippen LogP contribution in [0.5, 0.6) is 0 Å². The van der Waals surface area contributed by atoms with E-state index in [1.54, 1.807) is 0 Å². The van der Waals surface area contributed by atoms with Crippen LogP contribution in [0.4, 0.5) is 14.5 Å². The zero-order valence-electron chi connectivity index (χ0n) is 14.6. The van der Waals surface area contributed by atoms with E-state index in [4.69, 9.17) is 4.74 Å². The number of nitrogens with one attached hydrogen (secondary N) is 2. The second-order valence-electron chi connectivity index (χ2n) is 5.55. The van der Waals surface area contributed by atoms with Crippen LogP contribution in [0.3, 0.4) is 0 Å². The van der Waals surface area contributed by atoms with Gasteiger partial charge in [-0.15, -0.1) is 22.7 Å². The highest BCUT2D eigenvalue weighted by Crippen LogP contribution is 2.27. The van der Waals surface area contributed by atoms with Gasteiger partial charge in [0, 0.05) is 17.1 Å². The summed E-state index contributed by atoms with van der Waals surface area (Å²) < 4.78 is 30.8. The molecule has 0 spiro atoms. The Morgan fingerprint density at radius 1 is 1.07 bits per heavy atom. The Balaban J connectivity index is 1.42. The van der Waals surface area contributed by atoms with Crippen molar-refractivity contribution in [1.82, 2.24) is 10.3 Å². The Kier molecular flexibility index (Phi) is 6.62. The van der Waals surface area contributed by atoms with Crippen LogP contribution in [0.25, 0.3) is 9.88 Å². The van der Waals surface area contributed by atoms with Crippen molar-refractivity contribution in [2.75, 3.05) is 18.5 Å². The van der Waals surface area contributed by atoms with Gasteiger partial charge in [0.05, 0.1) is 11.4 Å². The van der Waals surface area contributed by atoms with E-state index < -0.39 is 42.6 Å². The van der Waals surface area contributed by atoms with Gasteiger partial charge in [0.25, 0.3) is 5.91 Å². The largest absolute Gasteiger partial charge is 0.451 e. The lowest BCUT2D eigenvalue weighted by Gasteiger charge is -2.07. The number of rotatable bonds is 7. The molecule has 3 aromatic rings. The number of thiazole rings is 1. The molecular weight excluding hydrogens is 424 g/mol. The van der Waals surface area contributed by atoms with E-state index in [1.165, 1.54) is 34.1 Å². The Labute approximate surface area is 171 Å². The van der Waals surface area contributed by atoms with Gasteiger partial charge in [-0.1, -0.05) is 6.07 Å². The van der Waals surface area contributed by atoms with Gasteiger partial charge in [-0.3, -0.25) is 9.59 Å². The van der Waals surface area contributed by atoms with Crippen molar-refractivity contribution >= 4 is 46.1 Å². The molecule has 0 aliphatic rings. The summed E-state index contributed by atoms with van der Waals surface area (Å²) in [5.41, 5.74) is 0.127. The minimum absolute atomic E-state index is 0.0413. The fraction of sp³-hybridized carbons (Fsp3) is 0.111. The number of anilines is 1. The molecule has 0 aliphatic carbocycles. The topological polar surface area (TPSA) is 97.4 Å². The third-order valence-electron chi connectivity index (χ3n) is 3.43. The molecule has 29 heavy (non-hydrogen) atoms. The Morgan fingerprint density at radius 2 is 1.90 bits per heavy atom. The summed E-state index contributed by atoms with van der Waals surface area (Å²) in [6.07, 6.45) is 0. The van der Waals surface area contributed by atoms with Crippen LogP contribution in [0.15, 0.2) is 41.1 Å². The molecule has 0 saturated heterocycles. The number of benzene rings is 1. The predicted octanol–water partition coefficient (Wildman–Crippen LogP) is 3.06. The Morgan fingerprint density at radius 3 is 2.62 bits per heavy atom. The maximum Gasteiger partial charge on any atom is 0.358 e. The van der Waals surface area contributed by atoms with Crippen molar-refractivity contribution in [3.63, 3.8) is 0 Å². The summed E-state index contributed by atoms with van der Waals surface area (Å²) in [5, 5.41) is 8.64. The first kappa shape index (κ1) is 20.6. The third kappa shape index (κ3) is 5.65.